The Labute approximate surface area is 171 Å². The predicted octanol–water partition coefficient (Wildman–Crippen LogP) is 2.38. The van der Waals surface area contributed by atoms with E-state index >= 15 is 0 Å². The Morgan fingerprint density at radius 1 is 1.17 bits per heavy atom. The van der Waals surface area contributed by atoms with E-state index in [1.165, 1.54) is 21.3 Å². The van der Waals surface area contributed by atoms with Gasteiger partial charge in [-0.05, 0) is 35.9 Å². The third kappa shape index (κ3) is 5.26. The molecule has 0 saturated carbocycles. The zero-order valence-corrected chi connectivity index (χ0v) is 17.3. The van der Waals surface area contributed by atoms with Crippen LogP contribution in [-0.4, -0.2) is 64.1 Å². The molecule has 0 bridgehead atoms. The molecule has 1 aliphatic heterocycles. The Morgan fingerprint density at radius 2 is 1.86 bits per heavy atom. The van der Waals surface area contributed by atoms with Gasteiger partial charge in [0.15, 0.2) is 0 Å². The van der Waals surface area contributed by atoms with Crippen molar-refractivity contribution in [2.75, 3.05) is 45.8 Å². The fraction of sp³-hybridized carbons (Fsp3) is 0.350. The third-order valence-corrected chi connectivity index (χ3v) is 6.51. The van der Waals surface area contributed by atoms with Crippen molar-refractivity contribution >= 4 is 21.7 Å². The molecule has 1 fully saturated rings. The molecule has 2 aromatic rings. The van der Waals surface area contributed by atoms with E-state index in [0.29, 0.717) is 38.5 Å². The van der Waals surface area contributed by atoms with Crippen LogP contribution < -0.4 is 10.1 Å². The lowest BCUT2D eigenvalue weighted by atomic mass is 10.2. The van der Waals surface area contributed by atoms with Crippen molar-refractivity contribution in [2.45, 2.75) is 11.4 Å². The van der Waals surface area contributed by atoms with Gasteiger partial charge in [-0.15, -0.1) is 0 Å². The molecule has 8 nitrogen and oxygen atoms in total. The van der Waals surface area contributed by atoms with Gasteiger partial charge in [-0.25, -0.2) is 13.2 Å². The SMILES string of the molecule is COc1ccc(CN(C)C(=O)Nc2cccc(S(=O)(=O)N3CCOCC3)c2)cc1. The smallest absolute Gasteiger partial charge is 0.321 e. The van der Waals surface area contributed by atoms with Crippen LogP contribution >= 0.6 is 0 Å². The van der Waals surface area contributed by atoms with E-state index in [1.807, 2.05) is 24.3 Å². The van der Waals surface area contributed by atoms with Crippen molar-refractivity contribution in [3.05, 3.63) is 54.1 Å². The maximum Gasteiger partial charge on any atom is 0.321 e. The maximum absolute atomic E-state index is 12.8. The molecule has 2 aromatic carbocycles. The highest BCUT2D eigenvalue weighted by Gasteiger charge is 2.26. The van der Waals surface area contributed by atoms with E-state index in [9.17, 15) is 13.2 Å². The van der Waals surface area contributed by atoms with Gasteiger partial charge < -0.3 is 19.7 Å². The number of carbonyl (C=O) groups excluding carboxylic acids is 1. The molecule has 1 heterocycles. The summed E-state index contributed by atoms with van der Waals surface area (Å²) < 4.78 is 37.3. The summed E-state index contributed by atoms with van der Waals surface area (Å²) in [4.78, 5) is 14.2. The number of nitrogens with one attached hydrogen (secondary N) is 1. The van der Waals surface area contributed by atoms with Crippen LogP contribution in [-0.2, 0) is 21.3 Å². The lowest BCUT2D eigenvalue weighted by Gasteiger charge is -2.26. The minimum absolute atomic E-state index is 0.148. The van der Waals surface area contributed by atoms with Crippen LogP contribution in [0, 0.1) is 0 Å². The Morgan fingerprint density at radius 3 is 2.52 bits per heavy atom. The van der Waals surface area contributed by atoms with Crippen molar-refractivity contribution in [1.82, 2.24) is 9.21 Å². The number of rotatable bonds is 6. The van der Waals surface area contributed by atoms with Crippen LogP contribution in [0.25, 0.3) is 0 Å². The van der Waals surface area contributed by atoms with Crippen molar-refractivity contribution in [3.8, 4) is 5.75 Å². The van der Waals surface area contributed by atoms with Crippen LogP contribution in [0.4, 0.5) is 10.5 Å². The monoisotopic (exact) mass is 419 g/mol. The van der Waals surface area contributed by atoms with Gasteiger partial charge in [0.2, 0.25) is 10.0 Å². The van der Waals surface area contributed by atoms with Gasteiger partial charge in [0.05, 0.1) is 25.2 Å². The fourth-order valence-electron chi connectivity index (χ4n) is 2.97. The van der Waals surface area contributed by atoms with Crippen molar-refractivity contribution < 1.29 is 22.7 Å². The summed E-state index contributed by atoms with van der Waals surface area (Å²) in [5.74, 6) is 0.749. The minimum Gasteiger partial charge on any atom is -0.497 e. The first-order valence-electron chi connectivity index (χ1n) is 9.23. The topological polar surface area (TPSA) is 88.2 Å². The molecule has 0 spiro atoms. The first-order chi connectivity index (χ1) is 13.9. The number of hydrogen-bond donors (Lipinski definition) is 1. The molecule has 2 amide bonds. The largest absolute Gasteiger partial charge is 0.497 e. The Hall–Kier alpha value is -2.62. The predicted molar refractivity (Wildman–Crippen MR) is 109 cm³/mol. The highest BCUT2D eigenvalue weighted by Crippen LogP contribution is 2.21. The standard InChI is InChI=1S/C20H25N3O5S/c1-22(15-16-6-8-18(27-2)9-7-16)20(24)21-17-4-3-5-19(14-17)29(25,26)23-10-12-28-13-11-23/h3-9,14H,10-13,15H2,1-2H3,(H,21,24). The molecule has 0 aromatic heterocycles. The van der Waals surface area contributed by atoms with Crippen LogP contribution in [0.3, 0.4) is 0 Å². The second-order valence-corrected chi connectivity index (χ2v) is 8.62. The second-order valence-electron chi connectivity index (χ2n) is 6.68. The summed E-state index contributed by atoms with van der Waals surface area (Å²) in [5, 5.41) is 2.75. The number of nitrogens with zero attached hydrogens (tertiary/aromatic N) is 2. The summed E-state index contributed by atoms with van der Waals surface area (Å²) in [7, 11) is -0.346. The van der Waals surface area contributed by atoms with E-state index in [2.05, 4.69) is 5.32 Å². The lowest BCUT2D eigenvalue weighted by Crippen LogP contribution is -2.40. The van der Waals surface area contributed by atoms with Crippen molar-refractivity contribution in [2.24, 2.45) is 0 Å². The van der Waals surface area contributed by atoms with Gasteiger partial charge in [-0.3, -0.25) is 0 Å². The summed E-state index contributed by atoms with van der Waals surface area (Å²) in [5.41, 5.74) is 1.37. The molecule has 1 aliphatic rings. The summed E-state index contributed by atoms with van der Waals surface area (Å²) >= 11 is 0. The minimum atomic E-state index is -3.62. The second kappa shape index (κ2) is 9.25. The van der Waals surface area contributed by atoms with Gasteiger partial charge in [-0.1, -0.05) is 18.2 Å². The average Bonchev–Trinajstić information content (AvgIpc) is 2.75. The van der Waals surface area contributed by atoms with Crippen LogP contribution in [0.15, 0.2) is 53.4 Å². The number of benzene rings is 2. The van der Waals surface area contributed by atoms with Crippen molar-refractivity contribution in [1.29, 1.82) is 0 Å². The summed E-state index contributed by atoms with van der Waals surface area (Å²) in [6.45, 7) is 1.81. The number of carbonyl (C=O) groups is 1. The van der Waals surface area contributed by atoms with Crippen molar-refractivity contribution in [3.63, 3.8) is 0 Å². The molecular weight excluding hydrogens is 394 g/mol. The lowest BCUT2D eigenvalue weighted by molar-refractivity contribution is 0.0730. The van der Waals surface area contributed by atoms with E-state index in [1.54, 1.807) is 26.3 Å². The van der Waals surface area contributed by atoms with Gasteiger partial charge in [0, 0.05) is 32.4 Å². The molecule has 0 atom stereocenters. The molecule has 0 aliphatic carbocycles. The molecule has 3 rings (SSSR count). The fourth-order valence-corrected chi connectivity index (χ4v) is 4.42. The van der Waals surface area contributed by atoms with E-state index in [4.69, 9.17) is 9.47 Å². The number of sulfonamides is 1. The van der Waals surface area contributed by atoms with Gasteiger partial charge in [0.1, 0.15) is 5.75 Å². The molecule has 0 radical (unpaired) electrons. The Kier molecular flexibility index (Phi) is 6.73. The Balaban J connectivity index is 1.66. The highest BCUT2D eigenvalue weighted by molar-refractivity contribution is 7.89. The average molecular weight is 420 g/mol. The van der Waals surface area contributed by atoms with Crippen LogP contribution in [0.1, 0.15) is 5.56 Å². The zero-order valence-electron chi connectivity index (χ0n) is 16.5. The van der Waals surface area contributed by atoms with E-state index < -0.39 is 10.0 Å². The number of amides is 2. The number of ether oxygens (including phenoxy) is 2. The Bertz CT molecular complexity index is 941. The van der Waals surface area contributed by atoms with Gasteiger partial charge >= 0.3 is 6.03 Å². The number of anilines is 1. The third-order valence-electron chi connectivity index (χ3n) is 4.62. The summed E-state index contributed by atoms with van der Waals surface area (Å²) in [6, 6.07) is 13.4. The number of morpholine rings is 1. The van der Waals surface area contributed by atoms with E-state index in [0.717, 1.165) is 11.3 Å². The highest BCUT2D eigenvalue weighted by atomic mass is 32.2. The maximum atomic E-state index is 12.8. The van der Waals surface area contributed by atoms with Crippen LogP contribution in [0.2, 0.25) is 0 Å². The number of hydrogen-bond acceptors (Lipinski definition) is 5. The molecule has 9 heteroatoms. The van der Waals surface area contributed by atoms with Gasteiger partial charge in [-0.2, -0.15) is 4.31 Å². The molecular formula is C20H25N3O5S. The molecule has 0 unspecified atom stereocenters. The molecule has 1 N–H and O–H groups in total. The summed E-state index contributed by atoms with van der Waals surface area (Å²) in [6.07, 6.45) is 0. The normalized spacial score (nSPS) is 15.0. The van der Waals surface area contributed by atoms with E-state index in [-0.39, 0.29) is 10.9 Å². The first kappa shape index (κ1) is 21.1. The number of urea groups is 1. The zero-order chi connectivity index (χ0) is 20.9. The molecule has 156 valence electrons. The van der Waals surface area contributed by atoms with Crippen LogP contribution in [0.5, 0.6) is 5.75 Å². The first-order valence-corrected chi connectivity index (χ1v) is 10.7. The molecule has 29 heavy (non-hydrogen) atoms. The number of methoxy groups -OCH3 is 1. The quantitative estimate of drug-likeness (QED) is 0.777. The molecule has 1 saturated heterocycles. The van der Waals surface area contributed by atoms with Gasteiger partial charge in [0.25, 0.3) is 0 Å².